The van der Waals surface area contributed by atoms with E-state index in [9.17, 15) is 27.9 Å². The number of nitrogens with zero attached hydrogens (tertiary/aromatic N) is 3. The first kappa shape index (κ1) is 28.5. The lowest BCUT2D eigenvalue weighted by Crippen LogP contribution is -2.53. The molecule has 3 saturated heterocycles. The minimum atomic E-state index is -3.80. The molecule has 4 aliphatic rings. The molecule has 2 amide bonds. The molecule has 4 heterocycles. The number of amides is 2. The second-order valence-corrected chi connectivity index (χ2v) is 12.8. The van der Waals surface area contributed by atoms with Crippen molar-refractivity contribution in [1.29, 1.82) is 0 Å². The molecule has 0 aliphatic carbocycles. The fraction of sp³-hybridized carbons (Fsp3) is 0.433. The summed E-state index contributed by atoms with van der Waals surface area (Å²) in [6.07, 6.45) is 1.75. The van der Waals surface area contributed by atoms with Crippen LogP contribution in [0.15, 0.2) is 59.0 Å². The average molecular weight is 596 g/mol. The van der Waals surface area contributed by atoms with Gasteiger partial charge >= 0.3 is 0 Å². The number of aliphatic hydroxyl groups excluding tert-OH is 1. The zero-order valence-electron chi connectivity index (χ0n) is 23.3. The van der Waals surface area contributed by atoms with Crippen LogP contribution >= 0.6 is 0 Å². The Morgan fingerprint density at radius 2 is 1.74 bits per heavy atom. The zero-order valence-corrected chi connectivity index (χ0v) is 24.1. The van der Waals surface area contributed by atoms with Crippen LogP contribution in [0.4, 0.5) is 5.69 Å². The summed E-state index contributed by atoms with van der Waals surface area (Å²) in [5.74, 6) is -2.90. The van der Waals surface area contributed by atoms with E-state index in [0.29, 0.717) is 50.5 Å². The van der Waals surface area contributed by atoms with Gasteiger partial charge in [-0.3, -0.25) is 14.4 Å². The van der Waals surface area contributed by atoms with Gasteiger partial charge in [0.15, 0.2) is 5.54 Å². The maximum absolute atomic E-state index is 14.5. The van der Waals surface area contributed by atoms with E-state index < -0.39 is 38.9 Å². The summed E-state index contributed by atoms with van der Waals surface area (Å²) >= 11 is 0. The highest BCUT2D eigenvalue weighted by Gasteiger charge is 2.67. The van der Waals surface area contributed by atoms with Gasteiger partial charge in [0.05, 0.1) is 35.5 Å². The number of carbonyl (C=O) groups excluding carboxylic acids is 3. The first-order valence-electron chi connectivity index (χ1n) is 14.2. The van der Waals surface area contributed by atoms with E-state index in [1.165, 1.54) is 33.5 Å². The van der Waals surface area contributed by atoms with Crippen LogP contribution in [0, 0.1) is 0 Å². The average Bonchev–Trinajstić information content (AvgIpc) is 3.67. The van der Waals surface area contributed by atoms with Crippen LogP contribution < -0.4 is 4.90 Å². The van der Waals surface area contributed by atoms with E-state index in [1.807, 2.05) is 6.92 Å². The van der Waals surface area contributed by atoms with Gasteiger partial charge in [-0.05, 0) is 49.6 Å². The number of sulfonamides is 1. The first-order chi connectivity index (χ1) is 20.2. The minimum absolute atomic E-state index is 0.0120. The molecule has 0 bridgehead atoms. The fourth-order valence-electron chi connectivity index (χ4n) is 6.42. The predicted octanol–water partition coefficient (Wildman–Crippen LogP) is 2.22. The number of Topliss-reactive ketones (excluding diaryl/α,β-unsaturated/α-hetero) is 1. The Kier molecular flexibility index (Phi) is 7.42. The number of aliphatic hydroxyl groups is 1. The Morgan fingerprint density at radius 3 is 2.40 bits per heavy atom. The number of likely N-dealkylation sites (tertiary alicyclic amines) is 1. The summed E-state index contributed by atoms with van der Waals surface area (Å²) in [5.41, 5.74) is -1.08. The Balaban J connectivity index is 1.49. The number of benzene rings is 2. The third kappa shape index (κ3) is 4.27. The minimum Gasteiger partial charge on any atom is -0.507 e. The first-order valence-corrected chi connectivity index (χ1v) is 15.7. The lowest BCUT2D eigenvalue weighted by molar-refractivity contribution is -0.145. The van der Waals surface area contributed by atoms with Crippen LogP contribution in [0.5, 0.6) is 0 Å². The predicted molar refractivity (Wildman–Crippen MR) is 152 cm³/mol. The third-order valence-electron chi connectivity index (χ3n) is 8.40. The maximum atomic E-state index is 14.5. The molecule has 2 aromatic rings. The van der Waals surface area contributed by atoms with E-state index in [2.05, 4.69) is 0 Å². The molecule has 2 atom stereocenters. The van der Waals surface area contributed by atoms with Crippen LogP contribution in [0.25, 0.3) is 5.76 Å². The van der Waals surface area contributed by atoms with Crippen molar-refractivity contribution in [1.82, 2.24) is 9.21 Å². The molecule has 0 radical (unpaired) electrons. The van der Waals surface area contributed by atoms with Crippen LogP contribution in [0.1, 0.15) is 37.3 Å². The van der Waals surface area contributed by atoms with Gasteiger partial charge in [-0.2, -0.15) is 4.31 Å². The Morgan fingerprint density at radius 1 is 1.02 bits per heavy atom. The Bertz CT molecular complexity index is 1560. The van der Waals surface area contributed by atoms with Crippen LogP contribution in [0.2, 0.25) is 0 Å². The van der Waals surface area contributed by atoms with Crippen LogP contribution in [0.3, 0.4) is 0 Å². The highest BCUT2D eigenvalue weighted by atomic mass is 32.2. The number of anilines is 1. The SMILES string of the molecule is CCCN1C(=O)C2(/C(=C(/O)c3ccc(S(=O)(=O)N4CCOCC4)cc3)C(=O)C(=O)N2CC2CCCO2)c2ccccc21. The van der Waals surface area contributed by atoms with Gasteiger partial charge in [0, 0.05) is 43.9 Å². The summed E-state index contributed by atoms with van der Waals surface area (Å²) in [4.78, 5) is 44.8. The number of fused-ring (bicyclic) bond motifs is 2. The molecule has 6 rings (SSSR count). The lowest BCUT2D eigenvalue weighted by Gasteiger charge is -2.35. The summed E-state index contributed by atoms with van der Waals surface area (Å²) in [7, 11) is -3.80. The normalized spacial score (nSPS) is 26.0. The van der Waals surface area contributed by atoms with Gasteiger partial charge in [-0.1, -0.05) is 25.1 Å². The molecular weight excluding hydrogens is 562 g/mol. The quantitative estimate of drug-likeness (QED) is 0.293. The molecule has 0 saturated carbocycles. The van der Waals surface area contributed by atoms with Gasteiger partial charge in [0.1, 0.15) is 5.76 Å². The standard InChI is InChI=1S/C30H33N3O8S/c1-2-13-32-24-8-4-3-7-23(24)30(29(32)37)25(27(35)28(36)33(30)19-21-6-5-16-41-21)26(34)20-9-11-22(12-10-20)42(38,39)31-14-17-40-18-15-31/h3-4,7-12,21,34H,2,5-6,13-19H2,1H3/b26-25+. The molecule has 3 fully saturated rings. The number of morpholine rings is 1. The van der Waals surface area contributed by atoms with Crippen LogP contribution in [-0.2, 0) is 39.4 Å². The lowest BCUT2D eigenvalue weighted by atomic mass is 9.81. The van der Waals surface area contributed by atoms with Gasteiger partial charge in [0.25, 0.3) is 17.6 Å². The highest BCUT2D eigenvalue weighted by Crippen LogP contribution is 2.54. The number of rotatable bonds is 7. The smallest absolute Gasteiger partial charge is 0.296 e. The Hall–Kier alpha value is -3.58. The van der Waals surface area contributed by atoms with Crippen molar-refractivity contribution >= 4 is 39.1 Å². The van der Waals surface area contributed by atoms with E-state index in [4.69, 9.17) is 9.47 Å². The number of ether oxygens (including phenoxy) is 2. The molecule has 1 N–H and O–H groups in total. The van der Waals surface area contributed by atoms with E-state index in [-0.39, 0.29) is 41.8 Å². The van der Waals surface area contributed by atoms with E-state index in [1.54, 1.807) is 29.2 Å². The fourth-order valence-corrected chi connectivity index (χ4v) is 7.83. The molecule has 2 unspecified atom stereocenters. The number of para-hydroxylation sites is 1. The molecular formula is C30H33N3O8S. The Labute approximate surface area is 244 Å². The molecule has 11 nitrogen and oxygen atoms in total. The summed E-state index contributed by atoms with van der Waals surface area (Å²) in [5, 5.41) is 11.7. The van der Waals surface area contributed by atoms with E-state index >= 15 is 0 Å². The van der Waals surface area contributed by atoms with Gasteiger partial charge in [0.2, 0.25) is 10.0 Å². The van der Waals surface area contributed by atoms with Crippen molar-refractivity contribution in [2.75, 3.05) is 50.9 Å². The molecule has 4 aliphatic heterocycles. The zero-order chi connectivity index (χ0) is 29.6. The number of hydrogen-bond donors (Lipinski definition) is 1. The van der Waals surface area contributed by atoms with Crippen molar-refractivity contribution in [3.63, 3.8) is 0 Å². The molecule has 1 spiro atoms. The molecule has 222 valence electrons. The number of ketones is 1. The van der Waals surface area contributed by atoms with Gasteiger partial charge in [-0.15, -0.1) is 0 Å². The van der Waals surface area contributed by atoms with Crippen molar-refractivity contribution < 1.29 is 37.4 Å². The largest absolute Gasteiger partial charge is 0.507 e. The maximum Gasteiger partial charge on any atom is 0.296 e. The summed E-state index contributed by atoms with van der Waals surface area (Å²) in [6, 6.07) is 12.5. The second-order valence-electron chi connectivity index (χ2n) is 10.8. The monoisotopic (exact) mass is 595 g/mol. The van der Waals surface area contributed by atoms with Crippen LogP contribution in [-0.4, -0.2) is 92.4 Å². The van der Waals surface area contributed by atoms with Crippen molar-refractivity contribution in [3.8, 4) is 0 Å². The molecule has 0 aromatic heterocycles. The number of hydrogen-bond acceptors (Lipinski definition) is 8. The second kappa shape index (κ2) is 10.9. The number of carbonyl (C=O) groups is 3. The summed E-state index contributed by atoms with van der Waals surface area (Å²) < 4.78 is 38.7. The molecule has 2 aromatic carbocycles. The molecule has 42 heavy (non-hydrogen) atoms. The summed E-state index contributed by atoms with van der Waals surface area (Å²) in [6.45, 7) is 3.88. The third-order valence-corrected chi connectivity index (χ3v) is 10.3. The van der Waals surface area contributed by atoms with Crippen molar-refractivity contribution in [2.24, 2.45) is 0 Å². The van der Waals surface area contributed by atoms with Gasteiger partial charge < -0.3 is 24.4 Å². The van der Waals surface area contributed by atoms with Crippen molar-refractivity contribution in [3.05, 3.63) is 65.2 Å². The topological polar surface area (TPSA) is 134 Å². The van der Waals surface area contributed by atoms with Crippen molar-refractivity contribution in [2.45, 2.75) is 42.7 Å². The highest BCUT2D eigenvalue weighted by molar-refractivity contribution is 7.89. The van der Waals surface area contributed by atoms with E-state index in [0.717, 1.165) is 6.42 Å². The van der Waals surface area contributed by atoms with Gasteiger partial charge in [-0.25, -0.2) is 8.42 Å². The molecule has 12 heteroatoms.